The van der Waals surface area contributed by atoms with E-state index in [1.54, 1.807) is 0 Å². The van der Waals surface area contributed by atoms with E-state index >= 15 is 0 Å². The Kier molecular flexibility index (Phi) is 5.09. The van der Waals surface area contributed by atoms with Crippen LogP contribution in [0.1, 0.15) is 24.2 Å². The lowest BCUT2D eigenvalue weighted by molar-refractivity contribution is 0.0949. The zero-order valence-corrected chi connectivity index (χ0v) is 11.0. The largest absolute Gasteiger partial charge is 0.398 e. The van der Waals surface area contributed by atoms with Crippen LogP contribution in [-0.4, -0.2) is 37.0 Å². The highest BCUT2D eigenvalue weighted by molar-refractivity contribution is 5.99. The number of anilines is 1. The van der Waals surface area contributed by atoms with Crippen LogP contribution in [-0.2, 0) is 0 Å². The quantitative estimate of drug-likeness (QED) is 0.781. The third-order valence-corrected chi connectivity index (χ3v) is 2.89. The number of nitrogens with one attached hydrogen (secondary N) is 1. The molecule has 100 valence electrons. The van der Waals surface area contributed by atoms with Crippen LogP contribution in [0, 0.1) is 5.82 Å². The van der Waals surface area contributed by atoms with Crippen LogP contribution in [0.25, 0.3) is 0 Å². The number of nitrogens with zero attached hydrogens (tertiary/aromatic N) is 1. The summed E-state index contributed by atoms with van der Waals surface area (Å²) in [6, 6.07) is 4.20. The first-order chi connectivity index (χ1) is 8.41. The van der Waals surface area contributed by atoms with E-state index in [9.17, 15) is 9.18 Å². The Hall–Kier alpha value is -1.62. The number of hydrogen-bond donors (Lipinski definition) is 2. The molecule has 0 spiro atoms. The van der Waals surface area contributed by atoms with E-state index in [0.29, 0.717) is 18.2 Å². The van der Waals surface area contributed by atoms with Crippen LogP contribution < -0.4 is 11.1 Å². The van der Waals surface area contributed by atoms with E-state index in [4.69, 9.17) is 5.73 Å². The van der Waals surface area contributed by atoms with Gasteiger partial charge in [0.05, 0.1) is 5.56 Å². The summed E-state index contributed by atoms with van der Waals surface area (Å²) >= 11 is 0. The predicted octanol–water partition coefficient (Wildman–Crippen LogP) is 1.48. The molecular weight excluding hydrogens is 233 g/mol. The number of benzene rings is 1. The summed E-state index contributed by atoms with van der Waals surface area (Å²) in [5, 5.41) is 2.76. The smallest absolute Gasteiger partial charge is 0.253 e. The second kappa shape index (κ2) is 6.35. The summed E-state index contributed by atoms with van der Waals surface area (Å²) in [6.45, 7) is 5.45. The molecule has 0 saturated carbocycles. The maximum absolute atomic E-state index is 12.8. The Labute approximate surface area is 107 Å². The molecule has 0 aromatic heterocycles. The monoisotopic (exact) mass is 253 g/mol. The number of rotatable bonds is 5. The molecule has 3 N–H and O–H groups in total. The van der Waals surface area contributed by atoms with Crippen molar-refractivity contribution in [2.75, 3.05) is 25.9 Å². The molecule has 5 heteroatoms. The molecule has 1 aromatic rings. The van der Waals surface area contributed by atoms with Crippen LogP contribution >= 0.6 is 0 Å². The predicted molar refractivity (Wildman–Crippen MR) is 70.9 cm³/mol. The molecule has 0 saturated heterocycles. The topological polar surface area (TPSA) is 58.4 Å². The second-order valence-electron chi connectivity index (χ2n) is 4.56. The van der Waals surface area contributed by atoms with Gasteiger partial charge in [0.25, 0.3) is 5.91 Å². The molecule has 0 heterocycles. The molecule has 1 rings (SSSR count). The van der Waals surface area contributed by atoms with Gasteiger partial charge in [-0.1, -0.05) is 0 Å². The lowest BCUT2D eigenvalue weighted by Crippen LogP contribution is -2.36. The Morgan fingerprint density at radius 3 is 2.72 bits per heavy atom. The fourth-order valence-corrected chi connectivity index (χ4v) is 1.44. The first-order valence-corrected chi connectivity index (χ1v) is 5.95. The Morgan fingerprint density at radius 1 is 1.50 bits per heavy atom. The van der Waals surface area contributed by atoms with Gasteiger partial charge in [0.1, 0.15) is 5.82 Å². The molecule has 1 amide bonds. The van der Waals surface area contributed by atoms with Gasteiger partial charge in [-0.2, -0.15) is 0 Å². The van der Waals surface area contributed by atoms with Crippen LogP contribution in [0.5, 0.6) is 0 Å². The number of halogens is 1. The van der Waals surface area contributed by atoms with Crippen molar-refractivity contribution < 1.29 is 9.18 Å². The number of likely N-dealkylation sites (N-methyl/N-ethyl adjacent to an activating group) is 1. The van der Waals surface area contributed by atoms with Crippen molar-refractivity contribution in [3.63, 3.8) is 0 Å². The van der Waals surface area contributed by atoms with Crippen molar-refractivity contribution in [1.29, 1.82) is 0 Å². The standard InChI is InChI=1S/C13H20FN3O/c1-9(2)17(3)7-6-16-13(18)11-5-4-10(14)8-12(11)15/h4-5,8-9H,6-7,15H2,1-3H3,(H,16,18). The van der Waals surface area contributed by atoms with E-state index in [0.717, 1.165) is 12.6 Å². The SMILES string of the molecule is CC(C)N(C)CCNC(=O)c1ccc(F)cc1N. The number of nitrogen functional groups attached to an aromatic ring is 1. The number of carbonyl (C=O) groups excluding carboxylic acids is 1. The molecule has 1 aromatic carbocycles. The minimum Gasteiger partial charge on any atom is -0.398 e. The maximum Gasteiger partial charge on any atom is 0.253 e. The number of hydrogen-bond acceptors (Lipinski definition) is 3. The molecule has 0 aliphatic heterocycles. The lowest BCUT2D eigenvalue weighted by atomic mass is 10.1. The summed E-state index contributed by atoms with van der Waals surface area (Å²) in [6.07, 6.45) is 0. The summed E-state index contributed by atoms with van der Waals surface area (Å²) in [5.41, 5.74) is 6.06. The number of nitrogens with two attached hydrogens (primary N) is 1. The van der Waals surface area contributed by atoms with Gasteiger partial charge in [-0.15, -0.1) is 0 Å². The van der Waals surface area contributed by atoms with Gasteiger partial charge in [0.15, 0.2) is 0 Å². The van der Waals surface area contributed by atoms with E-state index < -0.39 is 5.82 Å². The minimum absolute atomic E-state index is 0.157. The first-order valence-electron chi connectivity index (χ1n) is 5.95. The van der Waals surface area contributed by atoms with Crippen molar-refractivity contribution in [1.82, 2.24) is 10.2 Å². The van der Waals surface area contributed by atoms with E-state index in [-0.39, 0.29) is 11.6 Å². The van der Waals surface area contributed by atoms with E-state index in [1.165, 1.54) is 12.1 Å². The molecule has 0 radical (unpaired) electrons. The van der Waals surface area contributed by atoms with Gasteiger partial charge in [0.2, 0.25) is 0 Å². The van der Waals surface area contributed by atoms with Gasteiger partial charge in [-0.05, 0) is 39.1 Å². The highest BCUT2D eigenvalue weighted by Gasteiger charge is 2.10. The van der Waals surface area contributed by atoms with Crippen LogP contribution in [0.15, 0.2) is 18.2 Å². The minimum atomic E-state index is -0.441. The second-order valence-corrected chi connectivity index (χ2v) is 4.56. The van der Waals surface area contributed by atoms with Crippen molar-refractivity contribution in [2.45, 2.75) is 19.9 Å². The maximum atomic E-state index is 12.8. The molecule has 18 heavy (non-hydrogen) atoms. The molecule has 0 unspecified atom stereocenters. The summed E-state index contributed by atoms with van der Waals surface area (Å²) in [7, 11) is 1.99. The Morgan fingerprint density at radius 2 is 2.17 bits per heavy atom. The highest BCUT2D eigenvalue weighted by atomic mass is 19.1. The Balaban J connectivity index is 2.51. The van der Waals surface area contributed by atoms with Crippen LogP contribution in [0.4, 0.5) is 10.1 Å². The highest BCUT2D eigenvalue weighted by Crippen LogP contribution is 2.12. The van der Waals surface area contributed by atoms with E-state index in [2.05, 4.69) is 24.1 Å². The number of amides is 1. The van der Waals surface area contributed by atoms with Crippen molar-refractivity contribution in [3.05, 3.63) is 29.6 Å². The van der Waals surface area contributed by atoms with Gasteiger partial charge in [0, 0.05) is 24.8 Å². The van der Waals surface area contributed by atoms with Crippen molar-refractivity contribution in [2.24, 2.45) is 0 Å². The molecule has 0 aliphatic carbocycles. The third-order valence-electron chi connectivity index (χ3n) is 2.89. The average Bonchev–Trinajstić information content (AvgIpc) is 2.28. The lowest BCUT2D eigenvalue weighted by Gasteiger charge is -2.20. The molecule has 4 nitrogen and oxygen atoms in total. The average molecular weight is 253 g/mol. The summed E-state index contributed by atoms with van der Waals surface area (Å²) < 4.78 is 12.8. The van der Waals surface area contributed by atoms with Gasteiger partial charge in [-0.3, -0.25) is 4.79 Å². The summed E-state index contributed by atoms with van der Waals surface area (Å²) in [4.78, 5) is 13.9. The molecule has 0 fully saturated rings. The van der Waals surface area contributed by atoms with Crippen LogP contribution in [0.2, 0.25) is 0 Å². The van der Waals surface area contributed by atoms with Crippen LogP contribution in [0.3, 0.4) is 0 Å². The van der Waals surface area contributed by atoms with Crippen molar-refractivity contribution >= 4 is 11.6 Å². The molecular formula is C13H20FN3O. The third kappa shape index (κ3) is 4.00. The Bertz CT molecular complexity index is 421. The fourth-order valence-electron chi connectivity index (χ4n) is 1.44. The normalized spacial score (nSPS) is 11.0. The zero-order valence-electron chi connectivity index (χ0n) is 11.0. The van der Waals surface area contributed by atoms with Gasteiger partial charge < -0.3 is 16.0 Å². The molecule has 0 atom stereocenters. The van der Waals surface area contributed by atoms with E-state index in [1.807, 2.05) is 7.05 Å². The first kappa shape index (κ1) is 14.4. The molecule has 0 bridgehead atoms. The fraction of sp³-hybridized carbons (Fsp3) is 0.462. The van der Waals surface area contributed by atoms with Crippen molar-refractivity contribution in [3.8, 4) is 0 Å². The zero-order chi connectivity index (χ0) is 13.7. The van der Waals surface area contributed by atoms with Gasteiger partial charge in [-0.25, -0.2) is 4.39 Å². The number of carbonyl (C=O) groups is 1. The van der Waals surface area contributed by atoms with Gasteiger partial charge >= 0.3 is 0 Å². The molecule has 0 aliphatic rings. The summed E-state index contributed by atoms with van der Waals surface area (Å²) in [5.74, 6) is -0.715.